The van der Waals surface area contributed by atoms with Gasteiger partial charge in [0.05, 0.1) is 0 Å². The van der Waals surface area contributed by atoms with Gasteiger partial charge < -0.3 is 19.8 Å². The maximum absolute atomic E-state index is 12.3. The number of carbonyl (C=O) groups is 1. The fraction of sp³-hybridized carbons (Fsp3) is 0.238. The molecule has 3 aromatic rings. The van der Waals surface area contributed by atoms with Crippen molar-refractivity contribution in [3.63, 3.8) is 0 Å². The Bertz CT molecular complexity index is 1070. The molecule has 148 valence electrons. The van der Waals surface area contributed by atoms with Crippen LogP contribution >= 0.6 is 0 Å². The lowest BCUT2D eigenvalue weighted by atomic mass is 10.1. The van der Waals surface area contributed by atoms with Crippen LogP contribution in [0.5, 0.6) is 11.5 Å². The van der Waals surface area contributed by atoms with Gasteiger partial charge in [-0.2, -0.15) is 0 Å². The second-order valence-corrected chi connectivity index (χ2v) is 6.67. The summed E-state index contributed by atoms with van der Waals surface area (Å²) < 4.78 is 10.6. The highest BCUT2D eigenvalue weighted by Gasteiger charge is 2.14. The van der Waals surface area contributed by atoms with Gasteiger partial charge in [0.15, 0.2) is 11.5 Å². The number of amides is 1. The summed E-state index contributed by atoms with van der Waals surface area (Å²) in [7, 11) is 0. The van der Waals surface area contributed by atoms with E-state index in [0.29, 0.717) is 30.3 Å². The molecule has 0 radical (unpaired) electrons. The number of benzene rings is 2. The van der Waals surface area contributed by atoms with E-state index in [1.54, 1.807) is 0 Å². The summed E-state index contributed by atoms with van der Waals surface area (Å²) in [6.45, 7) is 0.666. The number of rotatable bonds is 7. The van der Waals surface area contributed by atoms with Crippen molar-refractivity contribution >= 4 is 5.91 Å². The van der Waals surface area contributed by atoms with Gasteiger partial charge in [0, 0.05) is 25.8 Å². The molecule has 0 unspecified atom stereocenters. The molecule has 1 aliphatic rings. The Morgan fingerprint density at radius 2 is 1.86 bits per heavy atom. The number of hydrogen-bond donors (Lipinski definition) is 2. The third-order valence-corrected chi connectivity index (χ3v) is 4.54. The summed E-state index contributed by atoms with van der Waals surface area (Å²) in [6, 6.07) is 15.2. The standard InChI is InChI=1S/C21H20N4O4/c26-20(22-12-14-4-2-1-3-5-14)9-7-16-21(27)23-19(25-24-16)11-15-6-8-17-18(10-15)29-13-28-17/h1-6,8,10H,7,9,11-13H2,(H,22,26)(H,23,25,27). The zero-order valence-corrected chi connectivity index (χ0v) is 15.7. The van der Waals surface area contributed by atoms with Crippen LogP contribution in [0.25, 0.3) is 0 Å². The van der Waals surface area contributed by atoms with Crippen LogP contribution < -0.4 is 20.3 Å². The van der Waals surface area contributed by atoms with Gasteiger partial charge in [-0.3, -0.25) is 9.59 Å². The lowest BCUT2D eigenvalue weighted by molar-refractivity contribution is -0.121. The molecule has 4 rings (SSSR count). The van der Waals surface area contributed by atoms with E-state index in [0.717, 1.165) is 11.1 Å². The zero-order chi connectivity index (χ0) is 20.1. The minimum atomic E-state index is -0.327. The molecule has 0 saturated carbocycles. The highest BCUT2D eigenvalue weighted by Crippen LogP contribution is 2.32. The fourth-order valence-corrected chi connectivity index (χ4v) is 3.00. The lowest BCUT2D eigenvalue weighted by Crippen LogP contribution is -2.25. The lowest BCUT2D eigenvalue weighted by Gasteiger charge is -2.06. The maximum Gasteiger partial charge on any atom is 0.272 e. The first kappa shape index (κ1) is 18.7. The van der Waals surface area contributed by atoms with Crippen LogP contribution in [0.1, 0.15) is 29.1 Å². The first-order valence-electron chi connectivity index (χ1n) is 9.31. The number of nitrogens with zero attached hydrogens (tertiary/aromatic N) is 2. The molecule has 0 saturated heterocycles. The molecule has 0 fully saturated rings. The van der Waals surface area contributed by atoms with Crippen LogP contribution in [0.15, 0.2) is 53.3 Å². The van der Waals surface area contributed by atoms with Crippen molar-refractivity contribution in [2.45, 2.75) is 25.8 Å². The molecule has 29 heavy (non-hydrogen) atoms. The number of aromatic nitrogens is 3. The summed E-state index contributed by atoms with van der Waals surface area (Å²) >= 11 is 0. The van der Waals surface area contributed by atoms with Crippen molar-refractivity contribution in [1.82, 2.24) is 20.5 Å². The van der Waals surface area contributed by atoms with E-state index in [1.807, 2.05) is 48.5 Å². The predicted octanol–water partition coefficient (Wildman–Crippen LogP) is 1.73. The summed E-state index contributed by atoms with van der Waals surface area (Å²) in [5, 5.41) is 10.9. The summed E-state index contributed by atoms with van der Waals surface area (Å²) in [5.41, 5.74) is 1.86. The molecule has 0 bridgehead atoms. The second kappa shape index (κ2) is 8.55. The summed E-state index contributed by atoms with van der Waals surface area (Å²) in [5.74, 6) is 1.69. The second-order valence-electron chi connectivity index (χ2n) is 6.67. The van der Waals surface area contributed by atoms with Crippen LogP contribution in [0.4, 0.5) is 0 Å². The Labute approximate surface area is 166 Å². The molecular formula is C21H20N4O4. The highest BCUT2D eigenvalue weighted by molar-refractivity contribution is 5.76. The first-order valence-corrected chi connectivity index (χ1v) is 9.31. The van der Waals surface area contributed by atoms with Crippen LogP contribution in [0.2, 0.25) is 0 Å². The number of hydrogen-bond acceptors (Lipinski definition) is 6. The molecule has 2 N–H and O–H groups in total. The molecule has 1 aliphatic heterocycles. The van der Waals surface area contributed by atoms with Crippen molar-refractivity contribution in [3.05, 3.63) is 81.5 Å². The predicted molar refractivity (Wildman–Crippen MR) is 105 cm³/mol. The van der Waals surface area contributed by atoms with Gasteiger partial charge in [-0.05, 0) is 23.3 Å². The van der Waals surface area contributed by atoms with E-state index >= 15 is 0 Å². The Hall–Kier alpha value is -3.68. The van der Waals surface area contributed by atoms with E-state index in [1.165, 1.54) is 0 Å². The van der Waals surface area contributed by atoms with Gasteiger partial charge in [0.1, 0.15) is 11.5 Å². The third kappa shape index (κ3) is 4.78. The van der Waals surface area contributed by atoms with Crippen molar-refractivity contribution in [2.75, 3.05) is 6.79 Å². The third-order valence-electron chi connectivity index (χ3n) is 4.54. The van der Waals surface area contributed by atoms with Crippen molar-refractivity contribution in [1.29, 1.82) is 0 Å². The fourth-order valence-electron chi connectivity index (χ4n) is 3.00. The van der Waals surface area contributed by atoms with Crippen molar-refractivity contribution in [3.8, 4) is 11.5 Å². The molecule has 0 aliphatic carbocycles. The van der Waals surface area contributed by atoms with E-state index in [2.05, 4.69) is 20.5 Å². The number of carbonyl (C=O) groups excluding carboxylic acids is 1. The zero-order valence-electron chi connectivity index (χ0n) is 15.7. The quantitative estimate of drug-likeness (QED) is 0.634. The molecular weight excluding hydrogens is 372 g/mol. The van der Waals surface area contributed by atoms with Crippen LogP contribution in [-0.4, -0.2) is 27.9 Å². The van der Waals surface area contributed by atoms with E-state index in [-0.39, 0.29) is 36.8 Å². The van der Waals surface area contributed by atoms with Gasteiger partial charge in [0.25, 0.3) is 5.56 Å². The number of aromatic amines is 1. The topological polar surface area (TPSA) is 106 Å². The Balaban J connectivity index is 1.31. The maximum atomic E-state index is 12.3. The number of ether oxygens (including phenoxy) is 2. The van der Waals surface area contributed by atoms with Gasteiger partial charge in [-0.1, -0.05) is 36.4 Å². The van der Waals surface area contributed by atoms with Crippen molar-refractivity contribution in [2.24, 2.45) is 0 Å². The molecule has 0 atom stereocenters. The minimum absolute atomic E-state index is 0.139. The summed E-state index contributed by atoms with van der Waals surface area (Å²) in [4.78, 5) is 27.0. The average molecular weight is 392 g/mol. The number of nitrogens with one attached hydrogen (secondary N) is 2. The highest BCUT2D eigenvalue weighted by atomic mass is 16.7. The molecule has 0 spiro atoms. The van der Waals surface area contributed by atoms with Gasteiger partial charge in [-0.15, -0.1) is 10.2 Å². The van der Waals surface area contributed by atoms with Gasteiger partial charge in [-0.25, -0.2) is 0 Å². The Kier molecular flexibility index (Phi) is 5.51. The van der Waals surface area contributed by atoms with Crippen LogP contribution in [0.3, 0.4) is 0 Å². The molecule has 8 nitrogen and oxygen atoms in total. The Morgan fingerprint density at radius 1 is 1.03 bits per heavy atom. The largest absolute Gasteiger partial charge is 0.454 e. The number of aryl methyl sites for hydroxylation is 1. The normalized spacial score (nSPS) is 12.0. The van der Waals surface area contributed by atoms with E-state index in [9.17, 15) is 9.59 Å². The number of H-pyrrole nitrogens is 1. The SMILES string of the molecule is O=C(CCc1nnc(Cc2ccc3c(c2)OCO3)[nH]c1=O)NCc1ccccc1. The van der Waals surface area contributed by atoms with Gasteiger partial charge in [0.2, 0.25) is 12.7 Å². The molecule has 8 heteroatoms. The summed E-state index contributed by atoms with van der Waals surface area (Å²) in [6.07, 6.45) is 0.816. The number of fused-ring (bicyclic) bond motifs is 1. The Morgan fingerprint density at radius 3 is 2.69 bits per heavy atom. The monoisotopic (exact) mass is 392 g/mol. The van der Waals surface area contributed by atoms with Crippen LogP contribution in [-0.2, 0) is 24.2 Å². The minimum Gasteiger partial charge on any atom is -0.454 e. The van der Waals surface area contributed by atoms with Crippen LogP contribution in [0, 0.1) is 0 Å². The molecule has 1 amide bonds. The smallest absolute Gasteiger partial charge is 0.272 e. The van der Waals surface area contributed by atoms with E-state index in [4.69, 9.17) is 9.47 Å². The molecule has 2 aromatic carbocycles. The first-order chi connectivity index (χ1) is 14.2. The van der Waals surface area contributed by atoms with Crippen molar-refractivity contribution < 1.29 is 14.3 Å². The van der Waals surface area contributed by atoms with Gasteiger partial charge >= 0.3 is 0 Å². The molecule has 2 heterocycles. The van der Waals surface area contributed by atoms with E-state index < -0.39 is 0 Å². The molecule has 1 aromatic heterocycles. The average Bonchev–Trinajstić information content (AvgIpc) is 3.20.